The minimum Gasteiger partial charge on any atom is -0.492 e. The Balaban J connectivity index is 1.23. The third-order valence-corrected chi connectivity index (χ3v) is 7.83. The third-order valence-electron chi connectivity index (χ3n) is 5.95. The number of para-hydroxylation sites is 3. The number of carbonyl (C=O) groups excluding carboxylic acids is 2. The number of thioether (sulfide) groups is 1. The standard InChI is InChI=1S/C25H26N4O3S2/c1-2-32-21-9-5-3-7-19(21)27-11-13-28(14-12-27)25(31)18-16-34-23(26-18)15-29-20-8-4-6-10-22(20)33-17-24(29)30/h3-10,16H,2,11-15,17H2,1H3. The van der Waals surface area contributed by atoms with E-state index in [2.05, 4.69) is 16.0 Å². The zero-order valence-electron chi connectivity index (χ0n) is 19.0. The first-order valence-corrected chi connectivity index (χ1v) is 13.2. The van der Waals surface area contributed by atoms with E-state index >= 15 is 0 Å². The van der Waals surface area contributed by atoms with Crippen molar-refractivity contribution in [2.45, 2.75) is 18.4 Å². The van der Waals surface area contributed by atoms with E-state index in [0.29, 0.717) is 37.7 Å². The van der Waals surface area contributed by atoms with Crippen LogP contribution >= 0.6 is 23.1 Å². The van der Waals surface area contributed by atoms with Gasteiger partial charge in [0.1, 0.15) is 16.5 Å². The van der Waals surface area contributed by atoms with Crippen LogP contribution < -0.4 is 14.5 Å². The van der Waals surface area contributed by atoms with E-state index in [1.54, 1.807) is 16.7 Å². The fourth-order valence-electron chi connectivity index (χ4n) is 4.25. The minimum absolute atomic E-state index is 0.0545. The molecule has 0 bridgehead atoms. The van der Waals surface area contributed by atoms with Crippen molar-refractivity contribution in [3.63, 3.8) is 0 Å². The van der Waals surface area contributed by atoms with E-state index in [-0.39, 0.29) is 11.8 Å². The van der Waals surface area contributed by atoms with Crippen LogP contribution in [0.4, 0.5) is 11.4 Å². The molecule has 0 aliphatic carbocycles. The van der Waals surface area contributed by atoms with Gasteiger partial charge in [-0.1, -0.05) is 24.3 Å². The third kappa shape index (κ3) is 4.63. The normalized spacial score (nSPS) is 15.9. The summed E-state index contributed by atoms with van der Waals surface area (Å²) in [7, 11) is 0. The van der Waals surface area contributed by atoms with Gasteiger partial charge in [-0.2, -0.15) is 0 Å². The van der Waals surface area contributed by atoms with Crippen molar-refractivity contribution in [3.05, 3.63) is 64.6 Å². The summed E-state index contributed by atoms with van der Waals surface area (Å²) in [6.45, 7) is 5.72. The number of fused-ring (bicyclic) bond motifs is 1. The molecule has 2 amide bonds. The molecular weight excluding hydrogens is 468 g/mol. The van der Waals surface area contributed by atoms with Gasteiger partial charge in [-0.15, -0.1) is 23.1 Å². The maximum Gasteiger partial charge on any atom is 0.273 e. The number of benzene rings is 2. The second kappa shape index (κ2) is 10.1. The van der Waals surface area contributed by atoms with Crippen LogP contribution in [0.5, 0.6) is 5.75 Å². The van der Waals surface area contributed by atoms with E-state index in [1.807, 2.05) is 59.7 Å². The highest BCUT2D eigenvalue weighted by Gasteiger charge is 2.28. The van der Waals surface area contributed by atoms with Crippen LogP contribution in [0.15, 0.2) is 58.8 Å². The van der Waals surface area contributed by atoms with Crippen molar-refractivity contribution < 1.29 is 14.3 Å². The number of hydrogen-bond acceptors (Lipinski definition) is 7. The molecule has 3 aromatic rings. The second-order valence-electron chi connectivity index (χ2n) is 8.04. The molecule has 0 atom stereocenters. The Kier molecular flexibility index (Phi) is 6.73. The summed E-state index contributed by atoms with van der Waals surface area (Å²) in [6.07, 6.45) is 0. The lowest BCUT2D eigenvalue weighted by molar-refractivity contribution is -0.116. The molecular formula is C25H26N4O3S2. The largest absolute Gasteiger partial charge is 0.492 e. The van der Waals surface area contributed by atoms with E-state index in [1.165, 1.54) is 11.3 Å². The molecule has 5 rings (SSSR count). The fourth-order valence-corrected chi connectivity index (χ4v) is 5.94. The first-order valence-electron chi connectivity index (χ1n) is 11.4. The van der Waals surface area contributed by atoms with Crippen molar-refractivity contribution in [1.82, 2.24) is 9.88 Å². The number of carbonyl (C=O) groups is 2. The molecule has 1 fully saturated rings. The van der Waals surface area contributed by atoms with Crippen LogP contribution in [0.2, 0.25) is 0 Å². The maximum atomic E-state index is 13.1. The van der Waals surface area contributed by atoms with Gasteiger partial charge in [0.15, 0.2) is 0 Å². The molecule has 2 aliphatic heterocycles. The average molecular weight is 495 g/mol. The van der Waals surface area contributed by atoms with Crippen molar-refractivity contribution in [2.24, 2.45) is 0 Å². The lowest BCUT2D eigenvalue weighted by Crippen LogP contribution is -2.49. The molecule has 7 nitrogen and oxygen atoms in total. The van der Waals surface area contributed by atoms with Crippen molar-refractivity contribution in [1.29, 1.82) is 0 Å². The summed E-state index contributed by atoms with van der Waals surface area (Å²) in [5.74, 6) is 1.31. The molecule has 9 heteroatoms. The number of ether oxygens (including phenoxy) is 1. The molecule has 0 N–H and O–H groups in total. The number of rotatable bonds is 6. The Labute approximate surface area is 207 Å². The lowest BCUT2D eigenvalue weighted by Gasteiger charge is -2.36. The highest BCUT2D eigenvalue weighted by molar-refractivity contribution is 8.00. The van der Waals surface area contributed by atoms with Gasteiger partial charge in [-0.05, 0) is 31.2 Å². The Morgan fingerprint density at radius 3 is 2.56 bits per heavy atom. The lowest BCUT2D eigenvalue weighted by atomic mass is 10.2. The Hall–Kier alpha value is -3.04. The molecule has 2 aliphatic rings. The topological polar surface area (TPSA) is 66.0 Å². The number of nitrogens with zero attached hydrogens (tertiary/aromatic N) is 4. The molecule has 34 heavy (non-hydrogen) atoms. The first kappa shape index (κ1) is 22.7. The van der Waals surface area contributed by atoms with Gasteiger partial charge in [0.25, 0.3) is 5.91 Å². The van der Waals surface area contributed by atoms with Crippen LogP contribution in [0.25, 0.3) is 0 Å². The smallest absolute Gasteiger partial charge is 0.273 e. The zero-order chi connectivity index (χ0) is 23.5. The molecule has 0 saturated carbocycles. The number of piperazine rings is 1. The van der Waals surface area contributed by atoms with Gasteiger partial charge >= 0.3 is 0 Å². The van der Waals surface area contributed by atoms with Crippen LogP contribution in [0.1, 0.15) is 22.4 Å². The molecule has 0 spiro atoms. The summed E-state index contributed by atoms with van der Waals surface area (Å²) >= 11 is 2.99. The first-order chi connectivity index (χ1) is 16.6. The predicted octanol–water partition coefficient (Wildman–Crippen LogP) is 4.14. The Morgan fingerprint density at radius 2 is 1.76 bits per heavy atom. The minimum atomic E-state index is -0.0545. The summed E-state index contributed by atoms with van der Waals surface area (Å²) in [4.78, 5) is 37.3. The molecule has 3 heterocycles. The van der Waals surface area contributed by atoms with Gasteiger partial charge in [-0.3, -0.25) is 9.59 Å². The van der Waals surface area contributed by atoms with Crippen LogP contribution in [0, 0.1) is 0 Å². The number of hydrogen-bond donors (Lipinski definition) is 0. The molecule has 176 valence electrons. The summed E-state index contributed by atoms with van der Waals surface area (Å²) < 4.78 is 5.77. The van der Waals surface area contributed by atoms with Crippen molar-refractivity contribution >= 4 is 46.3 Å². The molecule has 0 unspecified atom stereocenters. The van der Waals surface area contributed by atoms with Crippen molar-refractivity contribution in [2.75, 3.05) is 48.3 Å². The summed E-state index contributed by atoms with van der Waals surface area (Å²) in [5, 5.41) is 2.58. The highest BCUT2D eigenvalue weighted by atomic mass is 32.2. The maximum absolute atomic E-state index is 13.1. The van der Waals surface area contributed by atoms with Gasteiger partial charge in [0, 0.05) is 36.5 Å². The van der Waals surface area contributed by atoms with E-state index in [4.69, 9.17) is 4.74 Å². The Morgan fingerprint density at radius 1 is 1.03 bits per heavy atom. The number of anilines is 2. The van der Waals surface area contributed by atoms with E-state index < -0.39 is 0 Å². The van der Waals surface area contributed by atoms with Crippen LogP contribution in [0.3, 0.4) is 0 Å². The number of aromatic nitrogens is 1. The Bertz CT molecular complexity index is 1190. The van der Waals surface area contributed by atoms with Gasteiger partial charge in [-0.25, -0.2) is 4.98 Å². The van der Waals surface area contributed by atoms with E-state index in [9.17, 15) is 9.59 Å². The summed E-state index contributed by atoms with van der Waals surface area (Å²) in [5.41, 5.74) is 2.43. The SMILES string of the molecule is CCOc1ccccc1N1CCN(C(=O)c2csc(CN3C(=O)CSc4ccccc43)n2)CC1. The van der Waals surface area contributed by atoms with Gasteiger partial charge in [0.05, 0.1) is 30.3 Å². The molecule has 0 radical (unpaired) electrons. The van der Waals surface area contributed by atoms with Crippen LogP contribution in [-0.4, -0.2) is 60.2 Å². The molecule has 1 saturated heterocycles. The zero-order valence-corrected chi connectivity index (χ0v) is 20.6. The van der Waals surface area contributed by atoms with Gasteiger partial charge in [0.2, 0.25) is 5.91 Å². The molecule has 2 aromatic carbocycles. The van der Waals surface area contributed by atoms with Crippen LogP contribution in [-0.2, 0) is 11.3 Å². The second-order valence-corrected chi connectivity index (χ2v) is 10.0. The predicted molar refractivity (Wildman–Crippen MR) is 136 cm³/mol. The quantitative estimate of drug-likeness (QED) is 0.513. The molecule has 1 aromatic heterocycles. The number of amides is 2. The van der Waals surface area contributed by atoms with Gasteiger partial charge < -0.3 is 19.4 Å². The average Bonchev–Trinajstić information content (AvgIpc) is 3.35. The van der Waals surface area contributed by atoms with E-state index in [0.717, 1.165) is 40.1 Å². The number of thiazole rings is 1. The fraction of sp³-hybridized carbons (Fsp3) is 0.320. The highest BCUT2D eigenvalue weighted by Crippen LogP contribution is 2.36. The van der Waals surface area contributed by atoms with Crippen molar-refractivity contribution in [3.8, 4) is 5.75 Å². The summed E-state index contributed by atoms with van der Waals surface area (Å²) in [6, 6.07) is 15.9. The monoisotopic (exact) mass is 494 g/mol.